The molecule has 0 fully saturated rings. The van der Waals surface area contributed by atoms with Crippen molar-refractivity contribution in [1.29, 1.82) is 0 Å². The molecule has 1 aromatic carbocycles. The maximum Gasteiger partial charge on any atom is 0.148 e. The van der Waals surface area contributed by atoms with Crippen molar-refractivity contribution in [3.8, 4) is 10.6 Å². The Morgan fingerprint density at radius 3 is 2.41 bits per heavy atom. The van der Waals surface area contributed by atoms with Gasteiger partial charge < -0.3 is 5.32 Å². The number of rotatable bonds is 3. The number of aromatic nitrogens is 2. The van der Waals surface area contributed by atoms with Gasteiger partial charge >= 0.3 is 0 Å². The van der Waals surface area contributed by atoms with Gasteiger partial charge in [0.2, 0.25) is 0 Å². The highest BCUT2D eigenvalue weighted by atomic mass is 32.1. The summed E-state index contributed by atoms with van der Waals surface area (Å²) in [5, 5.41) is 13.8. The summed E-state index contributed by atoms with van der Waals surface area (Å²) in [6, 6.07) is 6.56. The van der Waals surface area contributed by atoms with E-state index in [-0.39, 0.29) is 6.04 Å². The topological polar surface area (TPSA) is 37.8 Å². The lowest BCUT2D eigenvalue weighted by Crippen LogP contribution is -2.11. The number of hydrogen-bond donors (Lipinski definition) is 1. The molecule has 0 spiro atoms. The number of hydrogen-bond acceptors (Lipinski definition) is 4. The molecule has 1 unspecified atom stereocenters. The van der Waals surface area contributed by atoms with Crippen molar-refractivity contribution >= 4 is 11.3 Å². The Morgan fingerprint density at radius 1 is 1.18 bits per heavy atom. The molecule has 0 amide bonds. The van der Waals surface area contributed by atoms with Crippen LogP contribution in [0.3, 0.4) is 0 Å². The summed E-state index contributed by atoms with van der Waals surface area (Å²) in [6.45, 7) is 6.32. The molecule has 2 aromatic rings. The van der Waals surface area contributed by atoms with E-state index in [4.69, 9.17) is 0 Å². The quantitative estimate of drug-likeness (QED) is 0.905. The molecule has 0 saturated carbocycles. The molecule has 4 heteroatoms. The zero-order valence-electron chi connectivity index (χ0n) is 10.6. The summed E-state index contributed by atoms with van der Waals surface area (Å²) < 4.78 is 0. The van der Waals surface area contributed by atoms with Crippen LogP contribution in [0, 0.1) is 13.8 Å². The van der Waals surface area contributed by atoms with E-state index in [2.05, 4.69) is 54.5 Å². The summed E-state index contributed by atoms with van der Waals surface area (Å²) in [5.41, 5.74) is 3.73. The van der Waals surface area contributed by atoms with Crippen LogP contribution in [0.2, 0.25) is 0 Å². The minimum Gasteiger partial charge on any atom is -0.311 e. The van der Waals surface area contributed by atoms with Gasteiger partial charge in [-0.15, -0.1) is 10.2 Å². The molecule has 0 aliphatic heterocycles. The van der Waals surface area contributed by atoms with Crippen molar-refractivity contribution < 1.29 is 0 Å². The van der Waals surface area contributed by atoms with E-state index in [0.29, 0.717) is 0 Å². The predicted molar refractivity (Wildman–Crippen MR) is 72.3 cm³/mol. The van der Waals surface area contributed by atoms with Gasteiger partial charge in [0, 0.05) is 5.56 Å². The van der Waals surface area contributed by atoms with Crippen molar-refractivity contribution in [2.45, 2.75) is 26.8 Å². The van der Waals surface area contributed by atoms with Gasteiger partial charge in [0.05, 0.1) is 6.04 Å². The Bertz CT molecular complexity index is 499. The zero-order chi connectivity index (χ0) is 12.4. The van der Waals surface area contributed by atoms with Gasteiger partial charge in [0.25, 0.3) is 0 Å². The fourth-order valence-corrected chi connectivity index (χ4v) is 2.87. The molecule has 3 nitrogen and oxygen atoms in total. The number of aryl methyl sites for hydroxylation is 2. The number of nitrogens with one attached hydrogen (secondary N) is 1. The van der Waals surface area contributed by atoms with Gasteiger partial charge in [-0.05, 0) is 38.9 Å². The second-order valence-corrected chi connectivity index (χ2v) is 5.23. The lowest BCUT2D eigenvalue weighted by Gasteiger charge is -2.05. The molecule has 0 aliphatic rings. The SMILES string of the molecule is CNC(C)c1nnc(-c2c(C)cccc2C)s1. The molecule has 0 bridgehead atoms. The van der Waals surface area contributed by atoms with E-state index in [1.54, 1.807) is 11.3 Å². The van der Waals surface area contributed by atoms with E-state index < -0.39 is 0 Å². The van der Waals surface area contributed by atoms with E-state index >= 15 is 0 Å². The van der Waals surface area contributed by atoms with Crippen molar-refractivity contribution in [3.63, 3.8) is 0 Å². The summed E-state index contributed by atoms with van der Waals surface area (Å²) >= 11 is 1.66. The normalized spacial score (nSPS) is 12.7. The first kappa shape index (κ1) is 12.2. The van der Waals surface area contributed by atoms with E-state index in [1.807, 2.05) is 7.05 Å². The molecule has 2 rings (SSSR count). The van der Waals surface area contributed by atoms with Gasteiger partial charge in [-0.3, -0.25) is 0 Å². The first-order valence-corrected chi connectivity index (χ1v) is 6.52. The molecule has 1 heterocycles. The Morgan fingerprint density at radius 2 is 1.82 bits per heavy atom. The third kappa shape index (κ3) is 2.37. The van der Waals surface area contributed by atoms with Crippen molar-refractivity contribution in [2.75, 3.05) is 7.05 Å². The van der Waals surface area contributed by atoms with Gasteiger partial charge in [-0.25, -0.2) is 0 Å². The fraction of sp³-hybridized carbons (Fsp3) is 0.385. The summed E-state index contributed by atoms with van der Waals surface area (Å²) in [5.74, 6) is 0. The highest BCUT2D eigenvalue weighted by molar-refractivity contribution is 7.14. The van der Waals surface area contributed by atoms with E-state index in [9.17, 15) is 0 Å². The molecular formula is C13H17N3S. The molecule has 0 saturated heterocycles. The van der Waals surface area contributed by atoms with Crippen LogP contribution in [-0.4, -0.2) is 17.2 Å². The van der Waals surface area contributed by atoms with Gasteiger partial charge in [0.15, 0.2) is 0 Å². The molecule has 0 aliphatic carbocycles. The zero-order valence-corrected chi connectivity index (χ0v) is 11.4. The minimum atomic E-state index is 0.255. The Balaban J connectivity index is 2.44. The highest BCUT2D eigenvalue weighted by Crippen LogP contribution is 2.31. The lowest BCUT2D eigenvalue weighted by atomic mass is 10.0. The van der Waals surface area contributed by atoms with Crippen LogP contribution in [0.15, 0.2) is 18.2 Å². The van der Waals surface area contributed by atoms with Crippen LogP contribution in [0.5, 0.6) is 0 Å². The van der Waals surface area contributed by atoms with E-state index in [1.165, 1.54) is 16.7 Å². The summed E-state index contributed by atoms with van der Waals surface area (Å²) in [6.07, 6.45) is 0. The van der Waals surface area contributed by atoms with Crippen LogP contribution in [0.25, 0.3) is 10.6 Å². The first-order valence-electron chi connectivity index (χ1n) is 5.70. The van der Waals surface area contributed by atoms with Crippen molar-refractivity contribution in [1.82, 2.24) is 15.5 Å². The van der Waals surface area contributed by atoms with Crippen LogP contribution < -0.4 is 5.32 Å². The minimum absolute atomic E-state index is 0.255. The maximum atomic E-state index is 4.31. The number of benzene rings is 1. The second kappa shape index (κ2) is 4.94. The molecular weight excluding hydrogens is 230 g/mol. The molecule has 17 heavy (non-hydrogen) atoms. The molecule has 90 valence electrons. The third-order valence-corrected chi connectivity index (χ3v) is 4.06. The second-order valence-electron chi connectivity index (χ2n) is 4.22. The Labute approximate surface area is 106 Å². The molecule has 1 N–H and O–H groups in total. The van der Waals surface area contributed by atoms with Gasteiger partial charge in [-0.2, -0.15) is 0 Å². The van der Waals surface area contributed by atoms with Crippen LogP contribution in [0.4, 0.5) is 0 Å². The largest absolute Gasteiger partial charge is 0.311 e. The van der Waals surface area contributed by atoms with Crippen LogP contribution in [-0.2, 0) is 0 Å². The van der Waals surface area contributed by atoms with Crippen LogP contribution >= 0.6 is 11.3 Å². The average molecular weight is 247 g/mol. The van der Waals surface area contributed by atoms with Crippen LogP contribution in [0.1, 0.15) is 29.1 Å². The highest BCUT2D eigenvalue weighted by Gasteiger charge is 2.14. The van der Waals surface area contributed by atoms with E-state index in [0.717, 1.165) is 10.0 Å². The molecule has 0 radical (unpaired) electrons. The fourth-order valence-electron chi connectivity index (χ4n) is 1.79. The monoisotopic (exact) mass is 247 g/mol. The summed E-state index contributed by atoms with van der Waals surface area (Å²) in [7, 11) is 1.94. The van der Waals surface area contributed by atoms with Crippen molar-refractivity contribution in [3.05, 3.63) is 34.3 Å². The Hall–Kier alpha value is -1.26. The summed E-state index contributed by atoms with van der Waals surface area (Å²) in [4.78, 5) is 0. The lowest BCUT2D eigenvalue weighted by molar-refractivity contribution is 0.640. The number of nitrogens with zero attached hydrogens (tertiary/aromatic N) is 2. The molecule has 1 atom stereocenters. The smallest absolute Gasteiger partial charge is 0.148 e. The third-order valence-electron chi connectivity index (χ3n) is 2.94. The van der Waals surface area contributed by atoms with Gasteiger partial charge in [0.1, 0.15) is 10.0 Å². The molecule has 1 aromatic heterocycles. The van der Waals surface area contributed by atoms with Crippen molar-refractivity contribution in [2.24, 2.45) is 0 Å². The Kier molecular flexibility index (Phi) is 3.54. The first-order chi connectivity index (χ1) is 8.13. The average Bonchev–Trinajstić information content (AvgIpc) is 2.77. The standard InChI is InChI=1S/C13H17N3S/c1-8-6-5-7-9(2)11(8)13-16-15-12(17-13)10(3)14-4/h5-7,10,14H,1-4H3. The maximum absolute atomic E-state index is 4.31. The predicted octanol–water partition coefficient (Wildman–Crippen LogP) is 3.10. The van der Waals surface area contributed by atoms with Gasteiger partial charge in [-0.1, -0.05) is 29.5 Å².